The predicted molar refractivity (Wildman–Crippen MR) is 93.7 cm³/mol. The number of hydrogen-bond acceptors (Lipinski definition) is 6. The third kappa shape index (κ3) is 6.09. The zero-order valence-corrected chi connectivity index (χ0v) is 16.2. The molecule has 0 atom stereocenters. The average Bonchev–Trinajstić information content (AvgIpc) is 2.49. The molecule has 0 aliphatic heterocycles. The van der Waals surface area contributed by atoms with Gasteiger partial charge in [0.05, 0.1) is 19.1 Å². The number of carbonyl (C=O) groups is 1. The summed E-state index contributed by atoms with van der Waals surface area (Å²) in [5.74, 6) is 0.808. The molecule has 0 heterocycles. The fraction of sp³-hybridized carbons (Fsp3) is 0.562. The number of hydrogen-bond donors (Lipinski definition) is 2. The van der Waals surface area contributed by atoms with E-state index >= 15 is 0 Å². The minimum Gasteiger partial charge on any atom is -0.493 e. The summed E-state index contributed by atoms with van der Waals surface area (Å²) in [7, 11) is -0.837. The van der Waals surface area contributed by atoms with Crippen molar-refractivity contribution >= 4 is 16.1 Å². The number of alkyl carbamates (subject to hydrolysis) is 1. The third-order valence-electron chi connectivity index (χ3n) is 3.12. The van der Waals surface area contributed by atoms with Gasteiger partial charge in [-0.3, -0.25) is 0 Å². The molecule has 0 aromatic heterocycles. The number of amides is 1. The maximum absolute atomic E-state index is 12.4. The van der Waals surface area contributed by atoms with Gasteiger partial charge in [0.25, 0.3) is 0 Å². The highest BCUT2D eigenvalue weighted by Crippen LogP contribution is 2.34. The number of benzene rings is 1. The molecule has 9 heteroatoms. The molecular formula is C16H26N2O6S. The Balaban J connectivity index is 2.72. The van der Waals surface area contributed by atoms with Crippen molar-refractivity contribution in [1.29, 1.82) is 0 Å². The van der Waals surface area contributed by atoms with Gasteiger partial charge in [-0.05, 0) is 39.8 Å². The summed E-state index contributed by atoms with van der Waals surface area (Å²) >= 11 is 0. The van der Waals surface area contributed by atoms with Crippen molar-refractivity contribution < 1.29 is 27.4 Å². The number of sulfonamides is 1. The van der Waals surface area contributed by atoms with Crippen LogP contribution in [0.15, 0.2) is 17.0 Å². The molecule has 0 spiro atoms. The summed E-state index contributed by atoms with van der Waals surface area (Å²) in [4.78, 5) is 11.6. The first kappa shape index (κ1) is 21.0. The molecule has 2 N–H and O–H groups in total. The highest BCUT2D eigenvalue weighted by molar-refractivity contribution is 7.89. The molecule has 1 amide bonds. The van der Waals surface area contributed by atoms with E-state index in [0.717, 1.165) is 0 Å². The summed E-state index contributed by atoms with van der Waals surface area (Å²) in [6.45, 7) is 6.99. The van der Waals surface area contributed by atoms with Crippen molar-refractivity contribution in [3.8, 4) is 11.5 Å². The molecular weight excluding hydrogens is 348 g/mol. The maximum atomic E-state index is 12.4. The molecule has 0 saturated heterocycles. The van der Waals surface area contributed by atoms with Gasteiger partial charge in [-0.1, -0.05) is 0 Å². The Morgan fingerprint density at radius 2 is 1.76 bits per heavy atom. The van der Waals surface area contributed by atoms with Crippen LogP contribution in [0.3, 0.4) is 0 Å². The van der Waals surface area contributed by atoms with E-state index < -0.39 is 21.7 Å². The van der Waals surface area contributed by atoms with E-state index in [2.05, 4.69) is 10.0 Å². The minimum absolute atomic E-state index is 0.0232. The Hall–Kier alpha value is -2.00. The Morgan fingerprint density at radius 3 is 2.28 bits per heavy atom. The minimum atomic E-state index is -3.76. The van der Waals surface area contributed by atoms with Crippen LogP contribution in [0.1, 0.15) is 26.3 Å². The molecule has 1 rings (SSSR count). The van der Waals surface area contributed by atoms with Crippen LogP contribution in [0.5, 0.6) is 11.5 Å². The lowest BCUT2D eigenvalue weighted by molar-refractivity contribution is 0.0529. The Kier molecular flexibility index (Phi) is 7.06. The highest BCUT2D eigenvalue weighted by atomic mass is 32.2. The van der Waals surface area contributed by atoms with E-state index in [9.17, 15) is 13.2 Å². The highest BCUT2D eigenvalue weighted by Gasteiger charge is 2.21. The number of rotatable bonds is 7. The first-order chi connectivity index (χ1) is 11.5. The van der Waals surface area contributed by atoms with Crippen LogP contribution < -0.4 is 19.5 Å². The normalized spacial score (nSPS) is 11.8. The lowest BCUT2D eigenvalue weighted by Gasteiger charge is -2.19. The Labute approximate surface area is 148 Å². The maximum Gasteiger partial charge on any atom is 0.407 e. The van der Waals surface area contributed by atoms with Crippen LogP contribution in [0.25, 0.3) is 0 Å². The SMILES string of the molecule is COc1ccc(S(=O)(=O)NCCNC(=O)OC(C)(C)C)c(C)c1OC. The molecule has 0 radical (unpaired) electrons. The van der Waals surface area contributed by atoms with Crippen LogP contribution >= 0.6 is 0 Å². The topological polar surface area (TPSA) is 103 Å². The van der Waals surface area contributed by atoms with Gasteiger partial charge in [0.1, 0.15) is 5.60 Å². The van der Waals surface area contributed by atoms with Gasteiger partial charge in [0.15, 0.2) is 11.5 Å². The van der Waals surface area contributed by atoms with Crippen molar-refractivity contribution in [2.24, 2.45) is 0 Å². The molecule has 1 aromatic carbocycles. The second kappa shape index (κ2) is 8.39. The van der Waals surface area contributed by atoms with Gasteiger partial charge in [-0.2, -0.15) is 0 Å². The largest absolute Gasteiger partial charge is 0.493 e. The summed E-state index contributed by atoms with van der Waals surface area (Å²) in [5, 5.41) is 2.49. The molecule has 0 fully saturated rings. The van der Waals surface area contributed by atoms with Crippen molar-refractivity contribution in [2.75, 3.05) is 27.3 Å². The third-order valence-corrected chi connectivity index (χ3v) is 4.72. The molecule has 25 heavy (non-hydrogen) atoms. The molecule has 0 bridgehead atoms. The van der Waals surface area contributed by atoms with Crippen molar-refractivity contribution in [2.45, 2.75) is 38.2 Å². The fourth-order valence-corrected chi connectivity index (χ4v) is 3.37. The van der Waals surface area contributed by atoms with E-state index in [1.807, 2.05) is 0 Å². The summed E-state index contributed by atoms with van der Waals surface area (Å²) in [6.07, 6.45) is -0.603. The van der Waals surface area contributed by atoms with E-state index in [-0.39, 0.29) is 18.0 Å². The molecule has 0 aliphatic carbocycles. The van der Waals surface area contributed by atoms with Gasteiger partial charge >= 0.3 is 6.09 Å². The fourth-order valence-electron chi connectivity index (χ4n) is 2.10. The van der Waals surface area contributed by atoms with Crippen molar-refractivity contribution in [3.63, 3.8) is 0 Å². The lowest BCUT2D eigenvalue weighted by Crippen LogP contribution is -2.38. The summed E-state index contributed by atoms with van der Waals surface area (Å²) in [5.41, 5.74) is -0.171. The van der Waals surface area contributed by atoms with E-state index in [4.69, 9.17) is 14.2 Å². The van der Waals surface area contributed by atoms with Crippen LogP contribution in [0, 0.1) is 6.92 Å². The first-order valence-electron chi connectivity index (χ1n) is 7.70. The summed E-state index contributed by atoms with van der Waals surface area (Å²) in [6, 6.07) is 2.97. The van der Waals surface area contributed by atoms with Crippen molar-refractivity contribution in [1.82, 2.24) is 10.0 Å². The van der Waals surface area contributed by atoms with E-state index in [0.29, 0.717) is 17.1 Å². The molecule has 0 aliphatic rings. The molecule has 8 nitrogen and oxygen atoms in total. The number of methoxy groups -OCH3 is 2. The quantitative estimate of drug-likeness (QED) is 0.706. The smallest absolute Gasteiger partial charge is 0.407 e. The zero-order valence-electron chi connectivity index (χ0n) is 15.4. The standard InChI is InChI=1S/C16H26N2O6S/c1-11-13(8-7-12(22-5)14(11)23-6)25(20,21)18-10-9-17-15(19)24-16(2,3)4/h7-8,18H,9-10H2,1-6H3,(H,17,19). The van der Waals surface area contributed by atoms with Crippen LogP contribution in [-0.2, 0) is 14.8 Å². The van der Waals surface area contributed by atoms with Gasteiger partial charge in [0, 0.05) is 18.7 Å². The zero-order chi connectivity index (χ0) is 19.3. The average molecular weight is 374 g/mol. The first-order valence-corrected chi connectivity index (χ1v) is 9.18. The number of nitrogens with one attached hydrogen (secondary N) is 2. The summed E-state index contributed by atoms with van der Waals surface area (Å²) < 4.78 is 42.7. The molecule has 0 unspecified atom stereocenters. The van der Waals surface area contributed by atoms with E-state index in [1.54, 1.807) is 27.7 Å². The molecule has 1 aromatic rings. The van der Waals surface area contributed by atoms with Crippen LogP contribution in [0.4, 0.5) is 4.79 Å². The van der Waals surface area contributed by atoms with Gasteiger partial charge in [-0.15, -0.1) is 0 Å². The second-order valence-corrected chi connectivity index (χ2v) is 7.99. The Morgan fingerprint density at radius 1 is 1.12 bits per heavy atom. The van der Waals surface area contributed by atoms with Crippen LogP contribution in [-0.4, -0.2) is 47.4 Å². The Bertz CT molecular complexity index is 710. The number of carbonyl (C=O) groups excluding carboxylic acids is 1. The number of ether oxygens (including phenoxy) is 3. The second-order valence-electron chi connectivity index (χ2n) is 6.25. The van der Waals surface area contributed by atoms with Gasteiger partial charge in [0.2, 0.25) is 10.0 Å². The molecule has 0 saturated carbocycles. The lowest BCUT2D eigenvalue weighted by atomic mass is 10.2. The van der Waals surface area contributed by atoms with Gasteiger partial charge < -0.3 is 19.5 Å². The monoisotopic (exact) mass is 374 g/mol. The van der Waals surface area contributed by atoms with E-state index in [1.165, 1.54) is 26.4 Å². The van der Waals surface area contributed by atoms with Gasteiger partial charge in [-0.25, -0.2) is 17.9 Å². The van der Waals surface area contributed by atoms with Crippen LogP contribution in [0.2, 0.25) is 0 Å². The van der Waals surface area contributed by atoms with Crippen molar-refractivity contribution in [3.05, 3.63) is 17.7 Å². The molecule has 142 valence electrons. The predicted octanol–water partition coefficient (Wildman–Crippen LogP) is 1.82.